The van der Waals surface area contributed by atoms with E-state index in [2.05, 4.69) is 10.6 Å². The summed E-state index contributed by atoms with van der Waals surface area (Å²) in [6.07, 6.45) is 2.60. The number of sulfonamides is 1. The van der Waals surface area contributed by atoms with E-state index in [9.17, 15) is 23.1 Å². The Bertz CT molecular complexity index is 1210. The maximum absolute atomic E-state index is 13.8. The average Bonchev–Trinajstić information content (AvgIpc) is 3.63. The average molecular weight is 574 g/mol. The summed E-state index contributed by atoms with van der Waals surface area (Å²) in [4.78, 5) is 24.2. The molecule has 10 nitrogen and oxygen atoms in total. The van der Waals surface area contributed by atoms with Gasteiger partial charge < -0.3 is 25.2 Å². The molecule has 0 spiro atoms. The van der Waals surface area contributed by atoms with Gasteiger partial charge in [-0.25, -0.2) is 13.2 Å². The smallest absolute Gasteiger partial charge is 0.407 e. The second-order valence-electron chi connectivity index (χ2n) is 10.6. The molecule has 2 fully saturated rings. The number of anilines is 1. The number of benzene rings is 2. The van der Waals surface area contributed by atoms with Crippen LogP contribution in [-0.4, -0.2) is 74.4 Å². The number of aliphatic hydroxyl groups excluding tert-OH is 1. The molecule has 2 aliphatic rings. The highest BCUT2D eigenvalue weighted by molar-refractivity contribution is 7.89. The molecule has 1 aliphatic heterocycles. The van der Waals surface area contributed by atoms with Crippen LogP contribution in [0.4, 0.5) is 10.5 Å². The van der Waals surface area contributed by atoms with Gasteiger partial charge in [0.1, 0.15) is 6.10 Å². The fraction of sp³-hybridized carbons (Fsp3) is 0.517. The van der Waals surface area contributed by atoms with Crippen LogP contribution in [0.3, 0.4) is 0 Å². The Morgan fingerprint density at radius 3 is 2.40 bits per heavy atom. The van der Waals surface area contributed by atoms with Crippen LogP contribution >= 0.6 is 0 Å². The zero-order valence-electron chi connectivity index (χ0n) is 22.8. The Morgan fingerprint density at radius 2 is 1.77 bits per heavy atom. The number of alkyl carbamates (subject to hydrolysis) is 1. The first-order chi connectivity index (χ1) is 19.2. The lowest BCUT2D eigenvalue weighted by Crippen LogP contribution is -2.51. The summed E-state index contributed by atoms with van der Waals surface area (Å²) >= 11 is 0. The Balaban J connectivity index is 1.54. The molecule has 0 radical (unpaired) electrons. The van der Waals surface area contributed by atoms with E-state index in [-0.39, 0.29) is 35.9 Å². The third kappa shape index (κ3) is 8.50. The molecule has 1 unspecified atom stereocenters. The quantitative estimate of drug-likeness (QED) is 0.355. The minimum Gasteiger partial charge on any atom is -0.444 e. The first kappa shape index (κ1) is 30.0. The number of amides is 2. The summed E-state index contributed by atoms with van der Waals surface area (Å²) in [5.41, 5.74) is 1.38. The second-order valence-corrected chi connectivity index (χ2v) is 12.5. The molecule has 3 atom stereocenters. The molecule has 1 heterocycles. The number of carbonyl (C=O) groups excluding carboxylic acids is 2. The molecule has 218 valence electrons. The van der Waals surface area contributed by atoms with Crippen LogP contribution in [0.25, 0.3) is 0 Å². The van der Waals surface area contributed by atoms with E-state index in [1.807, 2.05) is 30.3 Å². The number of ether oxygens (including phenoxy) is 2. The van der Waals surface area contributed by atoms with Crippen molar-refractivity contribution in [2.24, 2.45) is 5.92 Å². The third-order valence-corrected chi connectivity index (χ3v) is 9.21. The summed E-state index contributed by atoms with van der Waals surface area (Å²) in [5.74, 6) is -0.0639. The van der Waals surface area contributed by atoms with Gasteiger partial charge in [0.15, 0.2) is 0 Å². The van der Waals surface area contributed by atoms with E-state index in [1.54, 1.807) is 12.1 Å². The van der Waals surface area contributed by atoms with Gasteiger partial charge in [0.25, 0.3) is 0 Å². The van der Waals surface area contributed by atoms with Crippen LogP contribution in [0.15, 0.2) is 59.5 Å². The van der Waals surface area contributed by atoms with Gasteiger partial charge in [-0.1, -0.05) is 43.2 Å². The maximum atomic E-state index is 13.8. The van der Waals surface area contributed by atoms with E-state index in [0.29, 0.717) is 31.7 Å². The lowest BCUT2D eigenvalue weighted by Gasteiger charge is -2.31. The first-order valence-corrected chi connectivity index (χ1v) is 15.3. The predicted molar refractivity (Wildman–Crippen MR) is 150 cm³/mol. The first-order valence-electron chi connectivity index (χ1n) is 13.9. The van der Waals surface area contributed by atoms with Crippen LogP contribution in [0, 0.1) is 5.92 Å². The molecule has 2 aromatic rings. The van der Waals surface area contributed by atoms with Crippen molar-refractivity contribution >= 4 is 27.7 Å². The summed E-state index contributed by atoms with van der Waals surface area (Å²) in [6, 6.07) is 14.6. The van der Waals surface area contributed by atoms with Crippen molar-refractivity contribution in [1.82, 2.24) is 9.62 Å². The SMILES string of the molecule is CC(=O)Nc1ccc(S(=O)(=O)N(CC2CCCC2)C[C@H](O)C(Cc2ccccc2)NC(=O)O[C@H]2CCOC2)cc1. The van der Waals surface area contributed by atoms with Crippen LogP contribution in [-0.2, 0) is 30.7 Å². The van der Waals surface area contributed by atoms with Crippen LogP contribution < -0.4 is 10.6 Å². The molecule has 11 heteroatoms. The molecule has 1 saturated heterocycles. The molecule has 1 saturated carbocycles. The van der Waals surface area contributed by atoms with Crippen molar-refractivity contribution in [3.63, 3.8) is 0 Å². The van der Waals surface area contributed by atoms with Crippen molar-refractivity contribution < 1.29 is 32.6 Å². The molecular formula is C29H39N3O7S. The van der Waals surface area contributed by atoms with Crippen molar-refractivity contribution in [3.05, 3.63) is 60.2 Å². The molecule has 3 N–H and O–H groups in total. The normalized spacial score (nSPS) is 19.3. The minimum absolute atomic E-state index is 0.0695. The Hall–Kier alpha value is -2.99. The van der Waals surface area contributed by atoms with Crippen molar-refractivity contribution in [3.8, 4) is 0 Å². The maximum Gasteiger partial charge on any atom is 0.407 e. The lowest BCUT2D eigenvalue weighted by atomic mass is 10.0. The van der Waals surface area contributed by atoms with Gasteiger partial charge >= 0.3 is 6.09 Å². The molecule has 0 aromatic heterocycles. The summed E-state index contributed by atoms with van der Waals surface area (Å²) < 4.78 is 39.7. The van der Waals surface area contributed by atoms with Crippen molar-refractivity contribution in [1.29, 1.82) is 0 Å². The number of nitrogens with zero attached hydrogens (tertiary/aromatic N) is 1. The van der Waals surface area contributed by atoms with E-state index in [4.69, 9.17) is 9.47 Å². The van der Waals surface area contributed by atoms with Crippen LogP contribution in [0.5, 0.6) is 0 Å². The number of carbonyl (C=O) groups is 2. The van der Waals surface area contributed by atoms with E-state index < -0.39 is 28.3 Å². The monoisotopic (exact) mass is 573 g/mol. The number of hydrogen-bond donors (Lipinski definition) is 3. The van der Waals surface area contributed by atoms with Crippen LogP contribution in [0.2, 0.25) is 0 Å². The highest BCUT2D eigenvalue weighted by atomic mass is 32.2. The second kappa shape index (κ2) is 14.1. The summed E-state index contributed by atoms with van der Waals surface area (Å²) in [7, 11) is -3.98. The molecule has 1 aliphatic carbocycles. The Morgan fingerprint density at radius 1 is 1.07 bits per heavy atom. The molecule has 40 heavy (non-hydrogen) atoms. The number of aliphatic hydroxyl groups is 1. The predicted octanol–water partition coefficient (Wildman–Crippen LogP) is 3.31. The summed E-state index contributed by atoms with van der Waals surface area (Å²) in [6.45, 7) is 2.30. The zero-order chi connectivity index (χ0) is 28.5. The summed E-state index contributed by atoms with van der Waals surface area (Å²) in [5, 5.41) is 16.8. The molecule has 4 rings (SSSR count). The van der Waals surface area contributed by atoms with Gasteiger partial charge in [-0.05, 0) is 55.0 Å². The van der Waals surface area contributed by atoms with Gasteiger partial charge in [0.05, 0.1) is 30.3 Å². The fourth-order valence-electron chi connectivity index (χ4n) is 5.24. The third-order valence-electron chi connectivity index (χ3n) is 7.37. The van der Waals surface area contributed by atoms with E-state index in [0.717, 1.165) is 31.2 Å². The highest BCUT2D eigenvalue weighted by Crippen LogP contribution is 2.28. The molecular weight excluding hydrogens is 534 g/mol. The standard InChI is InChI=1S/C29H39N3O7S/c1-21(33)30-24-11-13-26(14-12-24)40(36,37)32(18-23-9-5-6-10-23)19-28(34)27(17-22-7-3-2-4-8-22)31-29(35)39-25-15-16-38-20-25/h2-4,7-8,11-14,23,25,27-28,34H,5-6,9-10,15-20H2,1H3,(H,30,33)(H,31,35)/t25-,27?,28-/m0/s1. The van der Waals surface area contributed by atoms with Gasteiger partial charge in [0, 0.05) is 32.1 Å². The number of hydrogen-bond acceptors (Lipinski definition) is 7. The largest absolute Gasteiger partial charge is 0.444 e. The number of rotatable bonds is 12. The van der Waals surface area contributed by atoms with Gasteiger partial charge in [0.2, 0.25) is 15.9 Å². The lowest BCUT2D eigenvalue weighted by molar-refractivity contribution is -0.114. The Labute approximate surface area is 236 Å². The van der Waals surface area contributed by atoms with E-state index in [1.165, 1.54) is 23.4 Å². The van der Waals surface area contributed by atoms with Gasteiger partial charge in [-0.15, -0.1) is 0 Å². The topological polar surface area (TPSA) is 134 Å². The highest BCUT2D eigenvalue weighted by Gasteiger charge is 2.34. The van der Waals surface area contributed by atoms with E-state index >= 15 is 0 Å². The van der Waals surface area contributed by atoms with Crippen molar-refractivity contribution in [2.45, 2.75) is 68.6 Å². The van der Waals surface area contributed by atoms with Crippen molar-refractivity contribution in [2.75, 3.05) is 31.6 Å². The number of nitrogens with one attached hydrogen (secondary N) is 2. The zero-order valence-corrected chi connectivity index (χ0v) is 23.6. The van der Waals surface area contributed by atoms with Crippen LogP contribution in [0.1, 0.15) is 44.6 Å². The van der Waals surface area contributed by atoms with Gasteiger partial charge in [-0.3, -0.25) is 4.79 Å². The molecule has 2 aromatic carbocycles. The molecule has 0 bridgehead atoms. The Kier molecular flexibility index (Phi) is 10.5. The fourth-order valence-corrected chi connectivity index (χ4v) is 6.78. The molecule has 2 amide bonds. The minimum atomic E-state index is -3.98. The van der Waals surface area contributed by atoms with Gasteiger partial charge in [-0.2, -0.15) is 4.31 Å².